The van der Waals surface area contributed by atoms with Crippen molar-refractivity contribution < 1.29 is 9.53 Å². The Kier molecular flexibility index (Phi) is 6.16. The molecule has 28 heavy (non-hydrogen) atoms. The third-order valence-corrected chi connectivity index (χ3v) is 4.42. The number of rotatable bonds is 7. The Morgan fingerprint density at radius 1 is 1.00 bits per heavy atom. The molecule has 0 bridgehead atoms. The Morgan fingerprint density at radius 3 is 2.32 bits per heavy atom. The van der Waals surface area contributed by atoms with E-state index >= 15 is 0 Å². The molecule has 3 rings (SSSR count). The Balaban J connectivity index is 1.59. The van der Waals surface area contributed by atoms with Gasteiger partial charge in [0.2, 0.25) is 11.9 Å². The van der Waals surface area contributed by atoms with Crippen LogP contribution in [0.15, 0.2) is 60.8 Å². The third kappa shape index (κ3) is 4.82. The van der Waals surface area contributed by atoms with E-state index < -0.39 is 0 Å². The lowest BCUT2D eigenvalue weighted by molar-refractivity contribution is -0.122. The highest BCUT2D eigenvalue weighted by Crippen LogP contribution is 2.19. The molecule has 1 aromatic heterocycles. The summed E-state index contributed by atoms with van der Waals surface area (Å²) in [4.78, 5) is 16.8. The van der Waals surface area contributed by atoms with E-state index in [-0.39, 0.29) is 17.9 Å². The summed E-state index contributed by atoms with van der Waals surface area (Å²) in [5.74, 6) is 0.834. The minimum Gasteiger partial charge on any atom is -0.497 e. The fourth-order valence-corrected chi connectivity index (χ4v) is 2.65. The molecule has 2 atom stereocenters. The Labute approximate surface area is 164 Å². The summed E-state index contributed by atoms with van der Waals surface area (Å²) in [7, 11) is 1.62. The fourth-order valence-electron chi connectivity index (χ4n) is 2.65. The van der Waals surface area contributed by atoms with Crippen LogP contribution in [0.2, 0.25) is 0 Å². The smallest absolute Gasteiger partial charge is 0.247 e. The predicted molar refractivity (Wildman–Crippen MR) is 108 cm³/mol. The lowest BCUT2D eigenvalue weighted by atomic mass is 10.00. The molecule has 0 aliphatic heterocycles. The molecule has 0 saturated carbocycles. The van der Waals surface area contributed by atoms with Crippen molar-refractivity contribution >= 4 is 17.5 Å². The molecule has 0 aliphatic rings. The fraction of sp³-hybridized carbons (Fsp3) is 0.238. The van der Waals surface area contributed by atoms with E-state index in [0.29, 0.717) is 11.6 Å². The van der Waals surface area contributed by atoms with Crippen LogP contribution in [0.4, 0.5) is 11.6 Å². The van der Waals surface area contributed by atoms with Gasteiger partial charge in [-0.2, -0.15) is 0 Å². The van der Waals surface area contributed by atoms with Gasteiger partial charge in [-0.1, -0.05) is 30.3 Å². The van der Waals surface area contributed by atoms with E-state index in [9.17, 15) is 4.79 Å². The zero-order valence-corrected chi connectivity index (χ0v) is 16.1. The Bertz CT molecular complexity index is 898. The summed E-state index contributed by atoms with van der Waals surface area (Å²) in [6.45, 7) is 3.74. The Hall–Kier alpha value is -3.48. The van der Waals surface area contributed by atoms with Gasteiger partial charge in [0.15, 0.2) is 0 Å². The number of anilines is 2. The summed E-state index contributed by atoms with van der Waals surface area (Å²) >= 11 is 0. The summed E-state index contributed by atoms with van der Waals surface area (Å²) in [6, 6.07) is 16.8. The molecule has 2 unspecified atom stereocenters. The number of aromatic nitrogens is 3. The molecule has 2 aromatic carbocycles. The zero-order chi connectivity index (χ0) is 19.9. The van der Waals surface area contributed by atoms with E-state index in [2.05, 4.69) is 25.8 Å². The van der Waals surface area contributed by atoms with Crippen LogP contribution in [0.3, 0.4) is 0 Å². The molecule has 7 heteroatoms. The standard InChI is InChI=1S/C21H23N5O2/c1-14(16-7-5-4-6-8-16)20(27)23-15(2)19-13-22-21(26-25-19)24-17-9-11-18(28-3)12-10-17/h4-15H,1-3H3,(H,23,27)(H,22,24,26). The first-order valence-corrected chi connectivity index (χ1v) is 9.03. The van der Waals surface area contributed by atoms with Gasteiger partial charge in [-0.05, 0) is 43.7 Å². The molecule has 0 saturated heterocycles. The molecule has 1 heterocycles. The van der Waals surface area contributed by atoms with Crippen molar-refractivity contribution in [3.05, 3.63) is 72.1 Å². The van der Waals surface area contributed by atoms with Crippen LogP contribution in [0.5, 0.6) is 5.75 Å². The monoisotopic (exact) mass is 377 g/mol. The van der Waals surface area contributed by atoms with Gasteiger partial charge in [0, 0.05) is 5.69 Å². The molecular weight excluding hydrogens is 354 g/mol. The number of amides is 1. The summed E-state index contributed by atoms with van der Waals surface area (Å²) < 4.78 is 5.13. The average molecular weight is 377 g/mol. The van der Waals surface area contributed by atoms with Crippen LogP contribution in [0.1, 0.15) is 37.1 Å². The van der Waals surface area contributed by atoms with Gasteiger partial charge in [-0.3, -0.25) is 4.79 Å². The van der Waals surface area contributed by atoms with Gasteiger partial charge >= 0.3 is 0 Å². The van der Waals surface area contributed by atoms with Crippen molar-refractivity contribution in [1.82, 2.24) is 20.5 Å². The topological polar surface area (TPSA) is 89.0 Å². The minimum atomic E-state index is -0.298. The first-order valence-electron chi connectivity index (χ1n) is 9.03. The second-order valence-corrected chi connectivity index (χ2v) is 6.42. The largest absolute Gasteiger partial charge is 0.497 e. The molecule has 0 aliphatic carbocycles. The van der Waals surface area contributed by atoms with Gasteiger partial charge in [0.1, 0.15) is 11.4 Å². The minimum absolute atomic E-state index is 0.0686. The summed E-state index contributed by atoms with van der Waals surface area (Å²) in [5, 5.41) is 14.3. The molecule has 144 valence electrons. The molecule has 2 N–H and O–H groups in total. The van der Waals surface area contributed by atoms with Crippen LogP contribution in [0, 0.1) is 0 Å². The first kappa shape index (κ1) is 19.3. The lowest BCUT2D eigenvalue weighted by Crippen LogP contribution is -2.31. The highest BCUT2D eigenvalue weighted by atomic mass is 16.5. The number of ether oxygens (including phenoxy) is 1. The number of carbonyl (C=O) groups is 1. The maximum atomic E-state index is 12.5. The van der Waals surface area contributed by atoms with Crippen molar-refractivity contribution in [2.45, 2.75) is 25.8 Å². The lowest BCUT2D eigenvalue weighted by Gasteiger charge is -2.17. The third-order valence-electron chi connectivity index (χ3n) is 4.42. The van der Waals surface area contributed by atoms with E-state index in [0.717, 1.165) is 17.0 Å². The van der Waals surface area contributed by atoms with Crippen molar-refractivity contribution in [3.63, 3.8) is 0 Å². The van der Waals surface area contributed by atoms with Gasteiger partial charge < -0.3 is 15.4 Å². The second-order valence-electron chi connectivity index (χ2n) is 6.42. The number of hydrogen-bond acceptors (Lipinski definition) is 6. The van der Waals surface area contributed by atoms with E-state index in [4.69, 9.17) is 4.74 Å². The number of methoxy groups -OCH3 is 1. The SMILES string of the molecule is COc1ccc(Nc2ncc(C(C)NC(=O)C(C)c3ccccc3)nn2)cc1. The van der Waals surface area contributed by atoms with Crippen molar-refractivity contribution in [2.75, 3.05) is 12.4 Å². The highest BCUT2D eigenvalue weighted by Gasteiger charge is 2.18. The van der Waals surface area contributed by atoms with E-state index in [1.807, 2.05) is 68.4 Å². The number of benzene rings is 2. The normalized spacial score (nSPS) is 12.7. The van der Waals surface area contributed by atoms with E-state index in [1.54, 1.807) is 13.3 Å². The van der Waals surface area contributed by atoms with Crippen molar-refractivity contribution in [3.8, 4) is 5.75 Å². The van der Waals surface area contributed by atoms with Crippen LogP contribution in [-0.4, -0.2) is 28.2 Å². The Morgan fingerprint density at radius 2 is 1.71 bits per heavy atom. The van der Waals surface area contributed by atoms with Crippen LogP contribution < -0.4 is 15.4 Å². The molecule has 0 radical (unpaired) electrons. The van der Waals surface area contributed by atoms with Gasteiger partial charge in [0.05, 0.1) is 25.3 Å². The molecule has 3 aromatic rings. The summed E-state index contributed by atoms with van der Waals surface area (Å²) in [5.41, 5.74) is 2.39. The summed E-state index contributed by atoms with van der Waals surface area (Å²) in [6.07, 6.45) is 1.61. The van der Waals surface area contributed by atoms with E-state index in [1.165, 1.54) is 0 Å². The van der Waals surface area contributed by atoms with Crippen molar-refractivity contribution in [1.29, 1.82) is 0 Å². The highest BCUT2D eigenvalue weighted by molar-refractivity contribution is 5.83. The maximum absolute atomic E-state index is 12.5. The molecule has 1 amide bonds. The molecule has 0 fully saturated rings. The first-order chi connectivity index (χ1) is 13.6. The van der Waals surface area contributed by atoms with Crippen LogP contribution in [-0.2, 0) is 4.79 Å². The predicted octanol–water partition coefficient (Wildman–Crippen LogP) is 3.60. The number of nitrogens with one attached hydrogen (secondary N) is 2. The number of carbonyl (C=O) groups excluding carboxylic acids is 1. The van der Waals surface area contributed by atoms with Crippen molar-refractivity contribution in [2.24, 2.45) is 0 Å². The maximum Gasteiger partial charge on any atom is 0.247 e. The molecule has 0 spiro atoms. The number of hydrogen-bond donors (Lipinski definition) is 2. The zero-order valence-electron chi connectivity index (χ0n) is 16.1. The van der Waals surface area contributed by atoms with Gasteiger partial charge in [-0.15, -0.1) is 10.2 Å². The molecular formula is C21H23N5O2. The van der Waals surface area contributed by atoms with Gasteiger partial charge in [0.25, 0.3) is 0 Å². The van der Waals surface area contributed by atoms with Gasteiger partial charge in [-0.25, -0.2) is 4.98 Å². The van der Waals surface area contributed by atoms with Crippen LogP contribution in [0.25, 0.3) is 0 Å². The number of nitrogens with zero attached hydrogens (tertiary/aromatic N) is 3. The average Bonchev–Trinajstić information content (AvgIpc) is 2.74. The van der Waals surface area contributed by atoms with Crippen LogP contribution >= 0.6 is 0 Å². The quantitative estimate of drug-likeness (QED) is 0.654. The molecule has 7 nitrogen and oxygen atoms in total. The second kappa shape index (κ2) is 8.94.